The molecule has 0 saturated carbocycles. The van der Waals surface area contributed by atoms with Gasteiger partial charge in [-0.3, -0.25) is 14.5 Å². The Hall–Kier alpha value is -2.80. The molecule has 1 fully saturated rings. The highest BCUT2D eigenvalue weighted by atomic mass is 35.5. The second kappa shape index (κ2) is 9.77. The van der Waals surface area contributed by atoms with Crippen LogP contribution in [0.2, 0.25) is 10.0 Å². The lowest BCUT2D eigenvalue weighted by Crippen LogP contribution is -2.27. The van der Waals surface area contributed by atoms with Crippen molar-refractivity contribution in [1.29, 1.82) is 0 Å². The number of carbonyl (C=O) groups is 2. The Kier molecular flexibility index (Phi) is 6.84. The molecule has 1 aliphatic heterocycles. The second-order valence-corrected chi connectivity index (χ2v) is 8.72. The van der Waals surface area contributed by atoms with Crippen LogP contribution in [0, 0.1) is 5.82 Å². The zero-order valence-corrected chi connectivity index (χ0v) is 18.9. The smallest absolute Gasteiger partial charge is 0.293 e. The number of nitrogens with zero attached hydrogens (tertiary/aromatic N) is 1. The summed E-state index contributed by atoms with van der Waals surface area (Å²) in [5.41, 5.74) is 1.71. The third-order valence-corrected chi connectivity index (χ3v) is 6.40. The predicted octanol–water partition coefficient (Wildman–Crippen LogP) is 6.95. The van der Waals surface area contributed by atoms with Crippen molar-refractivity contribution in [3.8, 4) is 5.75 Å². The zero-order valence-electron chi connectivity index (χ0n) is 16.6. The molecule has 0 bridgehead atoms. The number of hydrogen-bond acceptors (Lipinski definition) is 4. The Morgan fingerprint density at radius 1 is 0.938 bits per heavy atom. The molecule has 0 unspecified atom stereocenters. The molecule has 0 radical (unpaired) electrons. The molecule has 32 heavy (non-hydrogen) atoms. The summed E-state index contributed by atoms with van der Waals surface area (Å²) in [4.78, 5) is 26.6. The number of ether oxygens (including phenoxy) is 1. The fourth-order valence-electron chi connectivity index (χ4n) is 3.07. The standard InChI is InChI=1S/C24H16Cl2FNO3S/c25-19-5-3-6-20(26)18(19)13-28-23(29)22(32-24(28)30)12-15-8-10-17(11-9-15)31-14-16-4-1-2-7-21(16)27/h1-12H,13-14H2/b22-12-. The monoisotopic (exact) mass is 487 g/mol. The maximum absolute atomic E-state index is 13.7. The molecular weight excluding hydrogens is 472 g/mol. The number of halogens is 3. The molecule has 2 amide bonds. The number of rotatable bonds is 6. The summed E-state index contributed by atoms with van der Waals surface area (Å²) in [6.45, 7) is 0.110. The van der Waals surface area contributed by atoms with E-state index >= 15 is 0 Å². The Labute approximate surface area is 198 Å². The first kappa shape index (κ1) is 22.4. The lowest BCUT2D eigenvalue weighted by Gasteiger charge is -2.14. The minimum absolute atomic E-state index is 0.00331. The van der Waals surface area contributed by atoms with Gasteiger partial charge in [0, 0.05) is 21.2 Å². The van der Waals surface area contributed by atoms with Gasteiger partial charge in [-0.05, 0) is 53.7 Å². The molecule has 3 aromatic carbocycles. The summed E-state index contributed by atoms with van der Waals surface area (Å²) in [6.07, 6.45) is 1.64. The highest BCUT2D eigenvalue weighted by Crippen LogP contribution is 2.35. The van der Waals surface area contributed by atoms with Gasteiger partial charge >= 0.3 is 0 Å². The van der Waals surface area contributed by atoms with Crippen molar-refractivity contribution in [2.45, 2.75) is 13.2 Å². The Balaban J connectivity index is 1.44. The second-order valence-electron chi connectivity index (χ2n) is 6.92. The van der Waals surface area contributed by atoms with Crippen LogP contribution in [-0.4, -0.2) is 16.0 Å². The van der Waals surface area contributed by atoms with Gasteiger partial charge in [-0.2, -0.15) is 0 Å². The molecule has 162 valence electrons. The molecule has 8 heteroatoms. The van der Waals surface area contributed by atoms with Crippen LogP contribution in [0.1, 0.15) is 16.7 Å². The van der Waals surface area contributed by atoms with E-state index in [1.807, 2.05) is 0 Å². The van der Waals surface area contributed by atoms with Crippen molar-refractivity contribution < 1.29 is 18.7 Å². The number of carbonyl (C=O) groups excluding carboxylic acids is 2. The fourth-order valence-corrected chi connectivity index (χ4v) is 4.42. The van der Waals surface area contributed by atoms with E-state index in [0.717, 1.165) is 22.2 Å². The van der Waals surface area contributed by atoms with Gasteiger partial charge < -0.3 is 4.74 Å². The maximum atomic E-state index is 13.7. The van der Waals surface area contributed by atoms with Gasteiger partial charge in [-0.15, -0.1) is 0 Å². The molecule has 1 heterocycles. The number of hydrogen-bond donors (Lipinski definition) is 0. The van der Waals surface area contributed by atoms with Crippen LogP contribution in [-0.2, 0) is 17.9 Å². The molecule has 1 aliphatic rings. The van der Waals surface area contributed by atoms with E-state index in [2.05, 4.69) is 0 Å². The van der Waals surface area contributed by atoms with E-state index in [1.54, 1.807) is 66.7 Å². The minimum atomic E-state index is -0.407. The van der Waals surface area contributed by atoms with Crippen LogP contribution < -0.4 is 4.74 Å². The Morgan fingerprint density at radius 3 is 2.31 bits per heavy atom. The van der Waals surface area contributed by atoms with Crippen molar-refractivity contribution in [1.82, 2.24) is 4.90 Å². The summed E-state index contributed by atoms with van der Waals surface area (Å²) in [5, 5.41) is 0.403. The third kappa shape index (κ3) is 4.99. The first-order valence-electron chi connectivity index (χ1n) is 9.57. The fraction of sp³-hybridized carbons (Fsp3) is 0.0833. The van der Waals surface area contributed by atoms with Crippen LogP contribution in [0.3, 0.4) is 0 Å². The van der Waals surface area contributed by atoms with Crippen LogP contribution in [0.4, 0.5) is 9.18 Å². The molecular formula is C24H16Cl2FNO3S. The van der Waals surface area contributed by atoms with E-state index in [9.17, 15) is 14.0 Å². The van der Waals surface area contributed by atoms with E-state index in [1.165, 1.54) is 6.07 Å². The van der Waals surface area contributed by atoms with Crippen LogP contribution in [0.15, 0.2) is 71.6 Å². The molecule has 4 rings (SSSR count). The predicted molar refractivity (Wildman–Crippen MR) is 125 cm³/mol. The van der Waals surface area contributed by atoms with Gasteiger partial charge in [0.15, 0.2) is 0 Å². The lowest BCUT2D eigenvalue weighted by atomic mass is 10.2. The van der Waals surface area contributed by atoms with Gasteiger partial charge in [0.1, 0.15) is 18.2 Å². The summed E-state index contributed by atoms with van der Waals surface area (Å²) in [6, 6.07) is 18.4. The summed E-state index contributed by atoms with van der Waals surface area (Å²) in [5.74, 6) is -0.166. The third-order valence-electron chi connectivity index (χ3n) is 4.78. The molecule has 0 aromatic heterocycles. The normalized spacial score (nSPS) is 15.0. The quantitative estimate of drug-likeness (QED) is 0.353. The van der Waals surface area contributed by atoms with E-state index in [4.69, 9.17) is 27.9 Å². The molecule has 0 atom stereocenters. The minimum Gasteiger partial charge on any atom is -0.489 e. The summed E-state index contributed by atoms with van der Waals surface area (Å²) in [7, 11) is 0. The van der Waals surface area contributed by atoms with Crippen LogP contribution in [0.5, 0.6) is 5.75 Å². The number of benzene rings is 3. The zero-order chi connectivity index (χ0) is 22.7. The first-order chi connectivity index (χ1) is 15.4. The Bertz CT molecular complexity index is 1190. The van der Waals surface area contributed by atoms with Crippen molar-refractivity contribution in [2.24, 2.45) is 0 Å². The summed E-state index contributed by atoms with van der Waals surface area (Å²) >= 11 is 13.2. The van der Waals surface area contributed by atoms with Gasteiger partial charge in [0.05, 0.1) is 11.4 Å². The molecule has 4 nitrogen and oxygen atoms in total. The molecule has 1 saturated heterocycles. The first-order valence-corrected chi connectivity index (χ1v) is 11.1. The van der Waals surface area contributed by atoms with Gasteiger partial charge in [-0.1, -0.05) is 59.6 Å². The van der Waals surface area contributed by atoms with Gasteiger partial charge in [0.2, 0.25) is 0 Å². The van der Waals surface area contributed by atoms with Crippen molar-refractivity contribution in [2.75, 3.05) is 0 Å². The summed E-state index contributed by atoms with van der Waals surface area (Å²) < 4.78 is 19.3. The molecule has 0 aliphatic carbocycles. The van der Waals surface area contributed by atoms with E-state index in [-0.39, 0.29) is 24.2 Å². The maximum Gasteiger partial charge on any atom is 0.293 e. The van der Waals surface area contributed by atoms with Crippen molar-refractivity contribution in [3.05, 3.63) is 104 Å². The highest BCUT2D eigenvalue weighted by Gasteiger charge is 2.35. The molecule has 0 spiro atoms. The largest absolute Gasteiger partial charge is 0.489 e. The average Bonchev–Trinajstić information content (AvgIpc) is 3.04. The van der Waals surface area contributed by atoms with Crippen LogP contribution >= 0.6 is 35.0 Å². The highest BCUT2D eigenvalue weighted by molar-refractivity contribution is 8.18. The molecule has 3 aromatic rings. The van der Waals surface area contributed by atoms with E-state index in [0.29, 0.717) is 31.8 Å². The average molecular weight is 488 g/mol. The number of thioether (sulfide) groups is 1. The Morgan fingerprint density at radius 2 is 1.62 bits per heavy atom. The van der Waals surface area contributed by atoms with Crippen molar-refractivity contribution in [3.63, 3.8) is 0 Å². The number of imide groups is 1. The topological polar surface area (TPSA) is 46.6 Å². The van der Waals surface area contributed by atoms with Crippen molar-refractivity contribution >= 4 is 52.2 Å². The van der Waals surface area contributed by atoms with Crippen LogP contribution in [0.25, 0.3) is 6.08 Å². The number of amides is 2. The SMILES string of the molecule is O=C1S/C(=C\c2ccc(OCc3ccccc3F)cc2)C(=O)N1Cc1c(Cl)cccc1Cl. The molecule has 0 N–H and O–H groups in total. The van der Waals surface area contributed by atoms with Gasteiger partial charge in [-0.25, -0.2) is 4.39 Å². The lowest BCUT2D eigenvalue weighted by molar-refractivity contribution is -0.123. The van der Waals surface area contributed by atoms with Gasteiger partial charge in [0.25, 0.3) is 11.1 Å². The van der Waals surface area contributed by atoms with E-state index < -0.39 is 5.91 Å².